The number of nitrogens with zero attached hydrogens (tertiary/aromatic N) is 1. The molecular formula is C22H19N3O2S. The lowest BCUT2D eigenvalue weighted by atomic mass is 10.1. The highest BCUT2D eigenvalue weighted by Gasteiger charge is 2.32. The molecule has 5 nitrogen and oxygen atoms in total. The fourth-order valence-electron chi connectivity index (χ4n) is 3.07. The standard InChI is InChI=1S/C22H19N3O2S/c26-20(24-18-12-6-10-16-9-4-5-11-17(16)18)13-19-21(27)25-22(28-19)23-14-15-7-2-1-3-8-15/h1-12,19H,13-14H2,(H,24,26)(H,23,25,27)/t19-/m0/s1. The van der Waals surface area contributed by atoms with E-state index in [0.717, 1.165) is 22.0 Å². The van der Waals surface area contributed by atoms with E-state index < -0.39 is 5.25 Å². The van der Waals surface area contributed by atoms with Crippen LogP contribution >= 0.6 is 11.8 Å². The molecule has 1 aliphatic rings. The summed E-state index contributed by atoms with van der Waals surface area (Å²) in [7, 11) is 0. The largest absolute Gasteiger partial charge is 0.325 e. The van der Waals surface area contributed by atoms with Gasteiger partial charge in [0, 0.05) is 17.5 Å². The van der Waals surface area contributed by atoms with Crippen LogP contribution in [0, 0.1) is 0 Å². The summed E-state index contributed by atoms with van der Waals surface area (Å²) in [5.74, 6) is -0.363. The molecule has 0 aromatic heterocycles. The number of amidine groups is 1. The molecule has 1 atom stereocenters. The summed E-state index contributed by atoms with van der Waals surface area (Å²) in [6, 6.07) is 23.5. The number of amides is 2. The molecule has 0 radical (unpaired) electrons. The number of fused-ring (bicyclic) bond motifs is 1. The maximum atomic E-state index is 12.5. The third kappa shape index (κ3) is 4.23. The SMILES string of the molecule is O=C(C[C@@H]1SC(=NCc2ccccc2)NC1=O)Nc1cccc2ccccc12. The molecule has 0 spiro atoms. The van der Waals surface area contributed by atoms with Crippen LogP contribution in [0.1, 0.15) is 12.0 Å². The van der Waals surface area contributed by atoms with E-state index in [2.05, 4.69) is 15.6 Å². The van der Waals surface area contributed by atoms with Crippen molar-refractivity contribution in [1.82, 2.24) is 5.32 Å². The summed E-state index contributed by atoms with van der Waals surface area (Å²) in [6.07, 6.45) is 0.101. The van der Waals surface area contributed by atoms with Gasteiger partial charge in [-0.25, -0.2) is 0 Å². The lowest BCUT2D eigenvalue weighted by Crippen LogP contribution is -2.28. The predicted molar refractivity (Wildman–Crippen MR) is 114 cm³/mol. The second kappa shape index (κ2) is 8.27. The maximum absolute atomic E-state index is 12.5. The van der Waals surface area contributed by atoms with E-state index >= 15 is 0 Å². The van der Waals surface area contributed by atoms with Crippen LogP contribution in [-0.2, 0) is 16.1 Å². The Morgan fingerprint density at radius 2 is 1.75 bits per heavy atom. The van der Waals surface area contributed by atoms with E-state index in [-0.39, 0.29) is 18.2 Å². The number of aliphatic imine (C=N–C) groups is 1. The molecule has 1 heterocycles. The van der Waals surface area contributed by atoms with E-state index in [1.54, 1.807) is 0 Å². The fraction of sp³-hybridized carbons (Fsp3) is 0.136. The van der Waals surface area contributed by atoms with E-state index in [9.17, 15) is 9.59 Å². The molecule has 2 amide bonds. The van der Waals surface area contributed by atoms with Gasteiger partial charge in [-0.1, -0.05) is 78.5 Å². The zero-order valence-electron chi connectivity index (χ0n) is 15.1. The highest BCUT2D eigenvalue weighted by atomic mass is 32.2. The lowest BCUT2D eigenvalue weighted by molar-refractivity contribution is -0.122. The summed E-state index contributed by atoms with van der Waals surface area (Å²) in [5.41, 5.74) is 1.83. The summed E-state index contributed by atoms with van der Waals surface area (Å²) >= 11 is 1.31. The average Bonchev–Trinajstić information content (AvgIpc) is 3.06. The van der Waals surface area contributed by atoms with Gasteiger partial charge in [-0.3, -0.25) is 14.6 Å². The van der Waals surface area contributed by atoms with Gasteiger partial charge in [0.15, 0.2) is 5.17 Å². The van der Waals surface area contributed by atoms with Crippen molar-refractivity contribution >= 4 is 45.2 Å². The van der Waals surface area contributed by atoms with Gasteiger partial charge in [0.05, 0.1) is 6.54 Å². The van der Waals surface area contributed by atoms with Gasteiger partial charge < -0.3 is 10.6 Å². The molecule has 6 heteroatoms. The molecule has 2 N–H and O–H groups in total. The van der Waals surface area contributed by atoms with Crippen LogP contribution in [0.5, 0.6) is 0 Å². The predicted octanol–water partition coefficient (Wildman–Crippen LogP) is 3.96. The highest BCUT2D eigenvalue weighted by Crippen LogP contribution is 2.26. The Balaban J connectivity index is 1.38. The smallest absolute Gasteiger partial charge is 0.240 e. The van der Waals surface area contributed by atoms with E-state index in [4.69, 9.17) is 0 Å². The van der Waals surface area contributed by atoms with Crippen molar-refractivity contribution in [1.29, 1.82) is 0 Å². The number of benzene rings is 3. The molecule has 140 valence electrons. The van der Waals surface area contributed by atoms with Crippen molar-refractivity contribution in [3.63, 3.8) is 0 Å². The van der Waals surface area contributed by atoms with Crippen LogP contribution in [0.3, 0.4) is 0 Å². The van der Waals surface area contributed by atoms with E-state index in [0.29, 0.717) is 11.7 Å². The molecule has 4 rings (SSSR count). The van der Waals surface area contributed by atoms with Crippen molar-refractivity contribution in [2.75, 3.05) is 5.32 Å². The van der Waals surface area contributed by atoms with Crippen molar-refractivity contribution in [2.45, 2.75) is 18.2 Å². The Morgan fingerprint density at radius 1 is 1.00 bits per heavy atom. The second-order valence-electron chi connectivity index (χ2n) is 6.48. The number of carbonyl (C=O) groups excluding carboxylic acids is 2. The number of anilines is 1. The molecule has 0 aliphatic carbocycles. The number of rotatable bonds is 5. The van der Waals surface area contributed by atoms with E-state index in [1.165, 1.54) is 11.8 Å². The number of carbonyl (C=O) groups is 2. The first-order valence-corrected chi connectivity index (χ1v) is 9.90. The molecule has 1 aliphatic heterocycles. The lowest BCUT2D eigenvalue weighted by Gasteiger charge is -2.10. The molecule has 0 unspecified atom stereocenters. The monoisotopic (exact) mass is 389 g/mol. The number of thioether (sulfide) groups is 1. The van der Waals surface area contributed by atoms with Crippen molar-refractivity contribution < 1.29 is 9.59 Å². The summed E-state index contributed by atoms with van der Waals surface area (Å²) < 4.78 is 0. The average molecular weight is 389 g/mol. The highest BCUT2D eigenvalue weighted by molar-refractivity contribution is 8.15. The van der Waals surface area contributed by atoms with Crippen LogP contribution in [0.4, 0.5) is 5.69 Å². The van der Waals surface area contributed by atoms with Crippen LogP contribution < -0.4 is 10.6 Å². The van der Waals surface area contributed by atoms with Gasteiger partial charge in [-0.2, -0.15) is 0 Å². The van der Waals surface area contributed by atoms with Crippen LogP contribution in [0.2, 0.25) is 0 Å². The van der Waals surface area contributed by atoms with Crippen LogP contribution in [0.15, 0.2) is 77.8 Å². The Labute approximate surface area is 167 Å². The number of nitrogens with one attached hydrogen (secondary N) is 2. The maximum Gasteiger partial charge on any atom is 0.240 e. The Kier molecular flexibility index (Phi) is 5.39. The van der Waals surface area contributed by atoms with Gasteiger partial charge in [0.1, 0.15) is 5.25 Å². The first-order valence-electron chi connectivity index (χ1n) is 9.02. The van der Waals surface area contributed by atoms with Crippen molar-refractivity contribution in [3.05, 3.63) is 78.4 Å². The zero-order chi connectivity index (χ0) is 19.3. The molecule has 1 saturated heterocycles. The van der Waals surface area contributed by atoms with Gasteiger partial charge in [0.2, 0.25) is 11.8 Å². The first kappa shape index (κ1) is 18.3. The third-order valence-corrected chi connectivity index (χ3v) is 5.58. The van der Waals surface area contributed by atoms with Gasteiger partial charge in [-0.05, 0) is 17.0 Å². The third-order valence-electron chi connectivity index (χ3n) is 4.46. The molecule has 0 saturated carbocycles. The second-order valence-corrected chi connectivity index (χ2v) is 7.67. The number of hydrogen-bond acceptors (Lipinski definition) is 4. The topological polar surface area (TPSA) is 70.6 Å². The Morgan fingerprint density at radius 3 is 2.61 bits per heavy atom. The van der Waals surface area contributed by atoms with E-state index in [1.807, 2.05) is 72.8 Å². The zero-order valence-corrected chi connectivity index (χ0v) is 15.9. The molecular weight excluding hydrogens is 370 g/mol. The van der Waals surface area contributed by atoms with Gasteiger partial charge >= 0.3 is 0 Å². The van der Waals surface area contributed by atoms with Gasteiger partial charge in [-0.15, -0.1) is 0 Å². The van der Waals surface area contributed by atoms with Gasteiger partial charge in [0.25, 0.3) is 0 Å². The fourth-order valence-corrected chi connectivity index (χ4v) is 4.03. The summed E-state index contributed by atoms with van der Waals surface area (Å²) in [5, 5.41) is 7.84. The Hall–Kier alpha value is -3.12. The normalized spacial score (nSPS) is 17.6. The molecule has 3 aromatic carbocycles. The Bertz CT molecular complexity index is 1040. The van der Waals surface area contributed by atoms with Crippen molar-refractivity contribution in [2.24, 2.45) is 4.99 Å². The molecule has 0 bridgehead atoms. The molecule has 28 heavy (non-hydrogen) atoms. The minimum Gasteiger partial charge on any atom is -0.325 e. The summed E-state index contributed by atoms with van der Waals surface area (Å²) in [4.78, 5) is 29.1. The minimum absolute atomic E-state index is 0.101. The minimum atomic E-state index is -0.468. The van der Waals surface area contributed by atoms with Crippen LogP contribution in [-0.4, -0.2) is 22.2 Å². The van der Waals surface area contributed by atoms with Crippen LogP contribution in [0.25, 0.3) is 10.8 Å². The quantitative estimate of drug-likeness (QED) is 0.694. The first-order chi connectivity index (χ1) is 13.7. The summed E-state index contributed by atoms with van der Waals surface area (Å²) in [6.45, 7) is 0.498. The number of hydrogen-bond donors (Lipinski definition) is 2. The molecule has 1 fully saturated rings. The molecule has 3 aromatic rings. The van der Waals surface area contributed by atoms with Crippen molar-refractivity contribution in [3.8, 4) is 0 Å².